The molecule has 0 saturated carbocycles. The molecule has 0 aromatic heterocycles. The van der Waals surface area contributed by atoms with Gasteiger partial charge in [-0.25, -0.2) is 0 Å². The fraction of sp³-hybridized carbons (Fsp3) is 1.00. The maximum Gasteiger partial charge on any atom is 0.348 e. The summed E-state index contributed by atoms with van der Waals surface area (Å²) in [6.45, 7) is 3.48. The molecule has 0 aliphatic heterocycles. The van der Waals surface area contributed by atoms with Crippen LogP contribution in [0.15, 0.2) is 0 Å². The molecule has 0 heterocycles. The van der Waals surface area contributed by atoms with Crippen molar-refractivity contribution in [2.75, 3.05) is 33.5 Å². The first kappa shape index (κ1) is 11.1. The maximum atomic E-state index is 5.31. The second kappa shape index (κ2) is 5.67. The average molecular weight is 178 g/mol. The molecule has 5 heteroatoms. The van der Waals surface area contributed by atoms with Crippen molar-refractivity contribution in [1.82, 2.24) is 5.32 Å². The molecule has 0 spiro atoms. The maximum absolute atomic E-state index is 5.31. The zero-order chi connectivity index (χ0) is 8.74. The van der Waals surface area contributed by atoms with E-state index in [1.807, 2.05) is 6.55 Å². The molecule has 11 heavy (non-hydrogen) atoms. The molecule has 0 aliphatic rings. The van der Waals surface area contributed by atoms with Crippen LogP contribution in [0.4, 0.5) is 0 Å². The van der Waals surface area contributed by atoms with Crippen LogP contribution >= 0.6 is 0 Å². The van der Waals surface area contributed by atoms with Crippen LogP contribution in [0.3, 0.4) is 0 Å². The summed E-state index contributed by atoms with van der Waals surface area (Å²) < 4.78 is 10.5. The highest BCUT2D eigenvalue weighted by Crippen LogP contribution is 2.00. The first-order chi connectivity index (χ1) is 5.18. The Hall–Kier alpha value is 0.0569. The van der Waals surface area contributed by atoms with Crippen molar-refractivity contribution in [3.05, 3.63) is 0 Å². The first-order valence-electron chi connectivity index (χ1n) is 3.69. The van der Waals surface area contributed by atoms with Gasteiger partial charge in [0.15, 0.2) is 0 Å². The van der Waals surface area contributed by atoms with Crippen molar-refractivity contribution in [2.24, 2.45) is 5.73 Å². The van der Waals surface area contributed by atoms with Crippen molar-refractivity contribution in [3.63, 3.8) is 0 Å². The number of nitrogens with two attached hydrogens (primary N) is 1. The minimum atomic E-state index is -1.90. The lowest BCUT2D eigenvalue weighted by atomic mass is 10.7. The molecule has 0 amide bonds. The summed E-state index contributed by atoms with van der Waals surface area (Å²) in [7, 11) is 1.46. The van der Waals surface area contributed by atoms with E-state index < -0.39 is 8.56 Å². The summed E-state index contributed by atoms with van der Waals surface area (Å²) >= 11 is 0. The highest BCUT2D eigenvalue weighted by Gasteiger charge is 2.27. The Balaban J connectivity index is 3.51. The summed E-state index contributed by atoms with van der Waals surface area (Å²) in [5, 5.41) is 3.16. The van der Waals surface area contributed by atoms with Gasteiger partial charge in [0.2, 0.25) is 0 Å². The van der Waals surface area contributed by atoms with E-state index in [0.29, 0.717) is 6.54 Å². The van der Waals surface area contributed by atoms with E-state index in [1.54, 1.807) is 14.2 Å². The molecular weight excluding hydrogens is 160 g/mol. The van der Waals surface area contributed by atoms with Gasteiger partial charge < -0.3 is 19.9 Å². The van der Waals surface area contributed by atoms with Gasteiger partial charge in [-0.05, 0) is 6.55 Å². The van der Waals surface area contributed by atoms with Crippen LogP contribution in [0.25, 0.3) is 0 Å². The van der Waals surface area contributed by atoms with Crippen LogP contribution in [0.2, 0.25) is 6.55 Å². The lowest BCUT2D eigenvalue weighted by Crippen LogP contribution is -2.48. The van der Waals surface area contributed by atoms with Crippen LogP contribution in [-0.2, 0) is 8.85 Å². The van der Waals surface area contributed by atoms with Gasteiger partial charge in [-0.3, -0.25) is 0 Å². The molecule has 0 aliphatic carbocycles. The Bertz CT molecular complexity index is 98.6. The molecule has 3 N–H and O–H groups in total. The Morgan fingerprint density at radius 1 is 1.36 bits per heavy atom. The Morgan fingerprint density at radius 2 is 1.91 bits per heavy atom. The molecule has 68 valence electrons. The molecular formula is C6H18N2O2Si. The van der Waals surface area contributed by atoms with Gasteiger partial charge >= 0.3 is 8.56 Å². The van der Waals surface area contributed by atoms with Gasteiger partial charge in [-0.2, -0.15) is 0 Å². The van der Waals surface area contributed by atoms with Gasteiger partial charge in [0.25, 0.3) is 0 Å². The molecule has 0 bridgehead atoms. The van der Waals surface area contributed by atoms with Crippen LogP contribution < -0.4 is 11.1 Å². The summed E-state index contributed by atoms with van der Waals surface area (Å²) in [5.41, 5.74) is 5.31. The SMILES string of the molecule is CO[Si](C)(CNCCN)OC. The summed E-state index contributed by atoms with van der Waals surface area (Å²) in [4.78, 5) is 0. The van der Waals surface area contributed by atoms with Gasteiger partial charge in [-0.15, -0.1) is 0 Å². The first-order valence-corrected chi connectivity index (χ1v) is 6.22. The van der Waals surface area contributed by atoms with Crippen molar-refractivity contribution >= 4 is 8.56 Å². The summed E-state index contributed by atoms with van der Waals surface area (Å²) in [5.74, 6) is 0. The second-order valence-corrected chi connectivity index (χ2v) is 5.95. The highest BCUT2D eigenvalue weighted by atomic mass is 28.4. The van der Waals surface area contributed by atoms with Gasteiger partial charge in [0.05, 0.1) is 0 Å². The lowest BCUT2D eigenvalue weighted by molar-refractivity contribution is 0.247. The van der Waals surface area contributed by atoms with E-state index in [-0.39, 0.29) is 0 Å². The summed E-state index contributed by atoms with van der Waals surface area (Å²) in [6, 6.07) is 0. The van der Waals surface area contributed by atoms with E-state index in [0.717, 1.165) is 12.7 Å². The lowest BCUT2D eigenvalue weighted by Gasteiger charge is -2.22. The fourth-order valence-electron chi connectivity index (χ4n) is 0.645. The van der Waals surface area contributed by atoms with Crippen LogP contribution in [0.5, 0.6) is 0 Å². The quantitative estimate of drug-likeness (QED) is 0.423. The van der Waals surface area contributed by atoms with Crippen molar-refractivity contribution in [1.29, 1.82) is 0 Å². The van der Waals surface area contributed by atoms with Gasteiger partial charge in [-0.1, -0.05) is 0 Å². The number of rotatable bonds is 6. The highest BCUT2D eigenvalue weighted by molar-refractivity contribution is 6.66. The van der Waals surface area contributed by atoms with Gasteiger partial charge in [0.1, 0.15) is 0 Å². The molecule has 0 radical (unpaired) electrons. The topological polar surface area (TPSA) is 56.5 Å². The minimum Gasteiger partial charge on any atom is -0.397 e. The van der Waals surface area contributed by atoms with E-state index in [1.165, 1.54) is 0 Å². The molecule has 0 unspecified atom stereocenters. The molecule has 4 nitrogen and oxygen atoms in total. The van der Waals surface area contributed by atoms with Crippen molar-refractivity contribution < 1.29 is 8.85 Å². The van der Waals surface area contributed by atoms with Crippen LogP contribution in [0.1, 0.15) is 0 Å². The largest absolute Gasteiger partial charge is 0.397 e. The van der Waals surface area contributed by atoms with Gasteiger partial charge in [0, 0.05) is 33.5 Å². The number of nitrogens with one attached hydrogen (secondary N) is 1. The zero-order valence-electron chi connectivity index (χ0n) is 7.52. The summed E-state index contributed by atoms with van der Waals surface area (Å²) in [6.07, 6.45) is 0.789. The minimum absolute atomic E-state index is 0.651. The number of hydrogen-bond acceptors (Lipinski definition) is 4. The van der Waals surface area contributed by atoms with E-state index in [2.05, 4.69) is 5.32 Å². The predicted molar refractivity (Wildman–Crippen MR) is 47.6 cm³/mol. The third-order valence-corrected chi connectivity index (χ3v) is 4.25. The number of hydrogen-bond donors (Lipinski definition) is 2. The smallest absolute Gasteiger partial charge is 0.348 e. The van der Waals surface area contributed by atoms with E-state index >= 15 is 0 Å². The van der Waals surface area contributed by atoms with E-state index in [9.17, 15) is 0 Å². The molecule has 0 aromatic carbocycles. The third kappa shape index (κ3) is 4.49. The Labute approximate surface area is 69.3 Å². The molecule has 0 rings (SSSR count). The molecule has 0 atom stereocenters. The van der Waals surface area contributed by atoms with Crippen molar-refractivity contribution in [3.8, 4) is 0 Å². The normalized spacial score (nSPS) is 12.0. The molecule has 0 fully saturated rings. The predicted octanol–water partition coefficient (Wildman–Crippen LogP) is -0.561. The monoisotopic (exact) mass is 178 g/mol. The van der Waals surface area contributed by atoms with E-state index in [4.69, 9.17) is 14.6 Å². The van der Waals surface area contributed by atoms with Crippen LogP contribution in [0, 0.1) is 0 Å². The standard InChI is InChI=1S/C6H18N2O2Si/c1-9-11(3,10-2)6-8-5-4-7/h8H,4-7H2,1-3H3. The van der Waals surface area contributed by atoms with Crippen molar-refractivity contribution in [2.45, 2.75) is 6.55 Å². The Morgan fingerprint density at radius 3 is 2.27 bits per heavy atom. The fourth-order valence-corrected chi connectivity index (χ4v) is 1.73. The molecule has 0 saturated heterocycles. The van der Waals surface area contributed by atoms with Crippen LogP contribution in [-0.4, -0.2) is 42.0 Å². The third-order valence-electron chi connectivity index (χ3n) is 1.63. The second-order valence-electron chi connectivity index (χ2n) is 2.51. The zero-order valence-corrected chi connectivity index (χ0v) is 8.52. The average Bonchev–Trinajstić information content (AvgIpc) is 2.05. The Kier molecular flexibility index (Phi) is 5.70. The molecule has 0 aromatic rings.